The number of hydrogen-bond acceptors (Lipinski definition) is 4. The maximum Gasteiger partial charge on any atom is 0.132 e. The van der Waals surface area contributed by atoms with E-state index in [-0.39, 0.29) is 25.7 Å². The Bertz CT molecular complexity index is 1600. The van der Waals surface area contributed by atoms with Crippen molar-refractivity contribution in [2.75, 3.05) is 0 Å². The normalized spacial score (nSPS) is 8.25. The van der Waals surface area contributed by atoms with Gasteiger partial charge in [0.1, 0.15) is 5.69 Å². The van der Waals surface area contributed by atoms with E-state index in [1.54, 1.807) is 36.8 Å². The van der Waals surface area contributed by atoms with Crippen LogP contribution in [-0.4, -0.2) is 25.0 Å². The minimum atomic E-state index is -0.649. The van der Waals surface area contributed by atoms with E-state index in [0.29, 0.717) is 11.4 Å². The van der Waals surface area contributed by atoms with E-state index in [4.69, 9.17) is 6.42 Å². The first-order valence-electron chi connectivity index (χ1n) is 9.76. The molecular weight excluding hydrogens is 637 g/mol. The summed E-state index contributed by atoms with van der Waals surface area (Å²) in [5, 5.41) is 7.83. The third-order valence-corrected chi connectivity index (χ3v) is 3.82. The van der Waals surface area contributed by atoms with Crippen LogP contribution in [0.5, 0.6) is 0 Å². The molecule has 0 amide bonds. The molecule has 3 aromatic heterocycles. The van der Waals surface area contributed by atoms with E-state index >= 15 is 0 Å². The van der Waals surface area contributed by atoms with Gasteiger partial charge in [0, 0.05) is 67.8 Å². The molecule has 4 rings (SSSR count). The van der Waals surface area contributed by atoms with Crippen LogP contribution in [0.1, 0.15) is 0 Å². The summed E-state index contributed by atoms with van der Waals surface area (Å²) in [5.41, 5.74) is 2.01. The molecule has 0 aliphatic heterocycles. The Kier molecular flexibility index (Phi) is 11.3. The molecule has 0 spiro atoms. The standard InChI is InChI=1S/C17H6N4.C11H6F2N.Ir/c1-2-3-4-5-6-7-8-11-14-21-15-17(19-20-21)16-12-9-10-13-18-16;12-8-4-5-9(10(13)7-8)11-3-1-2-6-14-11;/h1,9-10,12-13,15H;1-4,6-7H;/q;-1;. The predicted molar refractivity (Wildman–Crippen MR) is 127 cm³/mol. The van der Waals surface area contributed by atoms with Crippen molar-refractivity contribution in [3.63, 3.8) is 0 Å². The number of hydrogen-bond donors (Lipinski definition) is 0. The van der Waals surface area contributed by atoms with Crippen molar-refractivity contribution in [2.24, 2.45) is 0 Å². The molecule has 4 aromatic rings. The zero-order valence-electron chi connectivity index (χ0n) is 18.3. The van der Waals surface area contributed by atoms with Crippen molar-refractivity contribution < 1.29 is 28.9 Å². The van der Waals surface area contributed by atoms with Crippen LogP contribution in [0.3, 0.4) is 0 Å². The second kappa shape index (κ2) is 15.0. The second-order valence-corrected chi connectivity index (χ2v) is 6.15. The minimum absolute atomic E-state index is 0. The smallest absolute Gasteiger partial charge is 0.132 e. The molecule has 1 aromatic carbocycles. The number of aromatic nitrogens is 5. The molecule has 36 heavy (non-hydrogen) atoms. The van der Waals surface area contributed by atoms with Gasteiger partial charge in [-0.15, -0.1) is 23.7 Å². The molecule has 8 heteroatoms. The van der Waals surface area contributed by atoms with Crippen molar-refractivity contribution in [1.82, 2.24) is 25.0 Å². The third-order valence-electron chi connectivity index (χ3n) is 3.82. The number of pyridine rings is 2. The van der Waals surface area contributed by atoms with Gasteiger partial charge in [-0.3, -0.25) is 13.8 Å². The van der Waals surface area contributed by atoms with E-state index < -0.39 is 11.6 Å². The first kappa shape index (κ1) is 27.2. The van der Waals surface area contributed by atoms with Gasteiger partial charge in [0.05, 0.1) is 17.9 Å². The van der Waals surface area contributed by atoms with Crippen LogP contribution < -0.4 is 0 Å². The predicted octanol–water partition coefficient (Wildman–Crippen LogP) is 3.62. The number of terminal acetylenes is 1. The summed E-state index contributed by atoms with van der Waals surface area (Å²) < 4.78 is 27.2. The van der Waals surface area contributed by atoms with Crippen molar-refractivity contribution >= 4 is 0 Å². The molecule has 0 atom stereocenters. The summed E-state index contributed by atoms with van der Waals surface area (Å²) in [6.07, 6.45) is 9.83. The van der Waals surface area contributed by atoms with Crippen LogP contribution >= 0.6 is 0 Å². The Hall–Kier alpha value is -5.03. The zero-order chi connectivity index (χ0) is 24.7. The third kappa shape index (κ3) is 8.72. The van der Waals surface area contributed by atoms with E-state index in [2.05, 4.69) is 79.8 Å². The van der Waals surface area contributed by atoms with Crippen molar-refractivity contribution in [2.45, 2.75) is 0 Å². The molecule has 0 aliphatic carbocycles. The van der Waals surface area contributed by atoms with Gasteiger partial charge in [-0.05, 0) is 47.6 Å². The molecule has 0 saturated carbocycles. The second-order valence-electron chi connectivity index (χ2n) is 6.15. The Morgan fingerprint density at radius 3 is 2.06 bits per heavy atom. The largest absolute Gasteiger partial charge is 0.305 e. The van der Waals surface area contributed by atoms with E-state index in [1.807, 2.05) is 18.2 Å². The topological polar surface area (TPSA) is 56.5 Å². The summed E-state index contributed by atoms with van der Waals surface area (Å²) in [5.74, 6) is 18.3. The van der Waals surface area contributed by atoms with E-state index in [9.17, 15) is 8.78 Å². The molecule has 0 fully saturated rings. The Balaban J connectivity index is 0.000000265. The van der Waals surface area contributed by atoms with Gasteiger partial charge >= 0.3 is 0 Å². The Morgan fingerprint density at radius 2 is 1.44 bits per heavy atom. The monoisotopic (exact) mass is 649 g/mol. The molecule has 3 heterocycles. The summed E-state index contributed by atoms with van der Waals surface area (Å²) >= 11 is 0. The van der Waals surface area contributed by atoms with Crippen molar-refractivity contribution in [3.8, 4) is 82.5 Å². The molecule has 173 valence electrons. The molecule has 1 radical (unpaired) electrons. The fourth-order valence-electron chi connectivity index (χ4n) is 2.38. The Morgan fingerprint density at radius 1 is 0.806 bits per heavy atom. The average Bonchev–Trinajstić information content (AvgIpc) is 3.36. The zero-order valence-corrected chi connectivity index (χ0v) is 20.6. The quantitative estimate of drug-likeness (QED) is 0.246. The van der Waals surface area contributed by atoms with Gasteiger partial charge in [0.2, 0.25) is 0 Å². The maximum atomic E-state index is 13.2. The SMILES string of the molecule is C#CC#CC#CC#CC#Cn1cc(-c2ccccn2)nn1.Fc1c[c-]c(-c2ccccn2)c(F)c1.[Ir]. The summed E-state index contributed by atoms with van der Waals surface area (Å²) in [7, 11) is 0. The number of benzene rings is 1. The summed E-state index contributed by atoms with van der Waals surface area (Å²) in [6, 6.07) is 17.8. The molecule has 0 aliphatic rings. The molecular formula is C28H12F2IrN5-. The van der Waals surface area contributed by atoms with Crippen LogP contribution in [0.25, 0.3) is 22.6 Å². The fraction of sp³-hybridized carbons (Fsp3) is 0. The number of halogens is 2. The molecule has 0 saturated heterocycles. The van der Waals surface area contributed by atoms with Gasteiger partial charge < -0.3 is 4.98 Å². The molecule has 0 unspecified atom stereocenters. The van der Waals surface area contributed by atoms with Gasteiger partial charge in [0.15, 0.2) is 0 Å². The number of nitrogens with zero attached hydrogens (tertiary/aromatic N) is 5. The minimum Gasteiger partial charge on any atom is -0.305 e. The van der Waals surface area contributed by atoms with Crippen LogP contribution in [0.15, 0.2) is 67.1 Å². The fourth-order valence-corrected chi connectivity index (χ4v) is 2.38. The maximum absolute atomic E-state index is 13.2. The Labute approximate surface area is 220 Å². The van der Waals surface area contributed by atoms with Gasteiger partial charge in [0.25, 0.3) is 0 Å². The summed E-state index contributed by atoms with van der Waals surface area (Å²) in [4.78, 5) is 8.12. The van der Waals surface area contributed by atoms with Crippen LogP contribution in [0.4, 0.5) is 8.78 Å². The van der Waals surface area contributed by atoms with Crippen LogP contribution in [0.2, 0.25) is 0 Å². The average molecular weight is 649 g/mol. The van der Waals surface area contributed by atoms with Gasteiger partial charge in [-0.2, -0.15) is 4.68 Å². The van der Waals surface area contributed by atoms with Gasteiger partial charge in [-0.25, -0.2) is 0 Å². The van der Waals surface area contributed by atoms with Crippen molar-refractivity contribution in [1.29, 1.82) is 0 Å². The van der Waals surface area contributed by atoms with E-state index in [0.717, 1.165) is 17.8 Å². The van der Waals surface area contributed by atoms with Gasteiger partial charge in [-0.1, -0.05) is 35.0 Å². The van der Waals surface area contributed by atoms with Crippen LogP contribution in [0, 0.1) is 77.5 Å². The first-order chi connectivity index (χ1) is 17.2. The molecule has 5 nitrogen and oxygen atoms in total. The van der Waals surface area contributed by atoms with Crippen LogP contribution in [-0.2, 0) is 20.1 Å². The molecule has 0 N–H and O–H groups in total. The van der Waals surface area contributed by atoms with Crippen molar-refractivity contribution in [3.05, 3.63) is 84.8 Å². The first-order valence-corrected chi connectivity index (χ1v) is 9.76. The van der Waals surface area contributed by atoms with E-state index in [1.165, 1.54) is 4.68 Å². The number of rotatable bonds is 2. The summed E-state index contributed by atoms with van der Waals surface area (Å²) in [6.45, 7) is 0. The molecule has 0 bridgehead atoms.